The van der Waals surface area contributed by atoms with Crippen molar-refractivity contribution in [2.45, 2.75) is 19.8 Å². The van der Waals surface area contributed by atoms with E-state index in [1.165, 1.54) is 0 Å². The number of aromatic amines is 1. The minimum absolute atomic E-state index is 0.0622. The highest BCUT2D eigenvalue weighted by atomic mass is 16.2. The summed E-state index contributed by atoms with van der Waals surface area (Å²) in [6, 6.07) is 15.7. The van der Waals surface area contributed by atoms with Crippen LogP contribution in [0.5, 0.6) is 0 Å². The first-order valence-electron chi connectivity index (χ1n) is 9.55. The van der Waals surface area contributed by atoms with Crippen LogP contribution in [0.15, 0.2) is 48.5 Å². The average Bonchev–Trinajstić information content (AvgIpc) is 3.12. The number of rotatable bonds is 4. The second-order valence-corrected chi connectivity index (χ2v) is 7.41. The predicted octanol–water partition coefficient (Wildman–Crippen LogP) is 3.43. The molecule has 6 nitrogen and oxygen atoms in total. The quantitative estimate of drug-likeness (QED) is 0.651. The van der Waals surface area contributed by atoms with E-state index in [1.54, 1.807) is 0 Å². The molecule has 0 radical (unpaired) electrons. The van der Waals surface area contributed by atoms with Gasteiger partial charge in [-0.05, 0) is 49.6 Å². The van der Waals surface area contributed by atoms with Crippen molar-refractivity contribution in [1.29, 1.82) is 0 Å². The SMILES string of the molecule is Cc1ccc2cc(C(=O)Nc3ccccc3N3CCC(C(N)=O)CC3)[nH]c2c1. The minimum Gasteiger partial charge on any atom is -0.370 e. The van der Waals surface area contributed by atoms with Crippen LogP contribution >= 0.6 is 0 Å². The third-order valence-electron chi connectivity index (χ3n) is 5.41. The summed E-state index contributed by atoms with van der Waals surface area (Å²) in [5.41, 5.74) is 9.79. The molecule has 1 saturated heterocycles. The van der Waals surface area contributed by atoms with E-state index in [0.717, 1.165) is 53.8 Å². The smallest absolute Gasteiger partial charge is 0.272 e. The number of benzene rings is 2. The Bertz CT molecular complexity index is 1030. The summed E-state index contributed by atoms with van der Waals surface area (Å²) < 4.78 is 0. The molecule has 1 aliphatic rings. The number of aryl methyl sites for hydroxylation is 1. The lowest BCUT2D eigenvalue weighted by Crippen LogP contribution is -2.38. The highest BCUT2D eigenvalue weighted by Gasteiger charge is 2.24. The molecular weight excluding hydrogens is 352 g/mol. The third kappa shape index (κ3) is 3.58. The number of para-hydroxylation sites is 2. The number of hydrogen-bond acceptors (Lipinski definition) is 3. The van der Waals surface area contributed by atoms with Crippen LogP contribution in [0.2, 0.25) is 0 Å². The summed E-state index contributed by atoms with van der Waals surface area (Å²) in [5, 5.41) is 4.04. The standard InChI is InChI=1S/C22H24N4O2/c1-14-6-7-16-13-19(24-18(16)12-14)22(28)25-17-4-2-3-5-20(17)26-10-8-15(9-11-26)21(23)27/h2-7,12-13,15,24H,8-11H2,1H3,(H2,23,27)(H,25,28). The summed E-state index contributed by atoms with van der Waals surface area (Å²) in [4.78, 5) is 29.6. The highest BCUT2D eigenvalue weighted by Crippen LogP contribution is 2.30. The van der Waals surface area contributed by atoms with Gasteiger partial charge in [-0.2, -0.15) is 0 Å². The second kappa shape index (κ2) is 7.38. The summed E-state index contributed by atoms with van der Waals surface area (Å²) in [5.74, 6) is -0.462. The van der Waals surface area contributed by atoms with Gasteiger partial charge >= 0.3 is 0 Å². The molecule has 6 heteroatoms. The van der Waals surface area contributed by atoms with E-state index < -0.39 is 0 Å². The number of carbonyl (C=O) groups excluding carboxylic acids is 2. The summed E-state index contributed by atoms with van der Waals surface area (Å²) in [6.07, 6.45) is 1.47. The zero-order chi connectivity index (χ0) is 19.7. The van der Waals surface area contributed by atoms with Gasteiger partial charge in [-0.3, -0.25) is 9.59 Å². The first-order valence-corrected chi connectivity index (χ1v) is 9.55. The van der Waals surface area contributed by atoms with Gasteiger partial charge < -0.3 is 20.9 Å². The Balaban J connectivity index is 1.53. The molecule has 0 aliphatic carbocycles. The first kappa shape index (κ1) is 18.1. The van der Waals surface area contributed by atoms with Crippen molar-refractivity contribution in [1.82, 2.24) is 4.98 Å². The molecule has 0 unspecified atom stereocenters. The van der Waals surface area contributed by atoms with Gasteiger partial charge in [0.25, 0.3) is 5.91 Å². The number of piperidine rings is 1. The molecule has 0 bridgehead atoms. The number of fused-ring (bicyclic) bond motifs is 1. The van der Waals surface area contributed by atoms with Gasteiger partial charge in [-0.25, -0.2) is 0 Å². The van der Waals surface area contributed by atoms with Gasteiger partial charge in [-0.1, -0.05) is 24.3 Å². The van der Waals surface area contributed by atoms with Crippen LogP contribution < -0.4 is 16.0 Å². The summed E-state index contributed by atoms with van der Waals surface area (Å²) in [7, 11) is 0. The molecule has 4 rings (SSSR count). The fraction of sp³-hybridized carbons (Fsp3) is 0.273. The number of nitrogens with two attached hydrogens (primary N) is 1. The van der Waals surface area contributed by atoms with Crippen molar-refractivity contribution in [3.63, 3.8) is 0 Å². The van der Waals surface area contributed by atoms with E-state index in [2.05, 4.69) is 15.2 Å². The summed E-state index contributed by atoms with van der Waals surface area (Å²) in [6.45, 7) is 3.51. The van der Waals surface area contributed by atoms with E-state index in [9.17, 15) is 9.59 Å². The molecule has 2 amide bonds. The number of aromatic nitrogens is 1. The normalized spacial score (nSPS) is 15.0. The predicted molar refractivity (Wildman–Crippen MR) is 112 cm³/mol. The van der Waals surface area contributed by atoms with Gasteiger partial charge in [0, 0.05) is 29.9 Å². The van der Waals surface area contributed by atoms with Crippen molar-refractivity contribution in [2.75, 3.05) is 23.3 Å². The van der Waals surface area contributed by atoms with Crippen LogP contribution in [0.1, 0.15) is 28.9 Å². The van der Waals surface area contributed by atoms with Gasteiger partial charge in [0.15, 0.2) is 0 Å². The third-order valence-corrected chi connectivity index (χ3v) is 5.41. The van der Waals surface area contributed by atoms with Gasteiger partial charge in [-0.15, -0.1) is 0 Å². The molecular formula is C22H24N4O2. The van der Waals surface area contributed by atoms with Crippen molar-refractivity contribution in [3.8, 4) is 0 Å². The molecule has 4 N–H and O–H groups in total. The Morgan fingerprint density at radius 2 is 1.86 bits per heavy atom. The molecule has 1 aliphatic heterocycles. The van der Waals surface area contributed by atoms with Crippen LogP contribution in [-0.4, -0.2) is 29.9 Å². The number of anilines is 2. The number of primary amides is 1. The van der Waals surface area contributed by atoms with Crippen LogP contribution in [0.3, 0.4) is 0 Å². The van der Waals surface area contributed by atoms with Crippen LogP contribution in [0.4, 0.5) is 11.4 Å². The van der Waals surface area contributed by atoms with Crippen LogP contribution in [0, 0.1) is 12.8 Å². The zero-order valence-corrected chi connectivity index (χ0v) is 15.9. The van der Waals surface area contributed by atoms with Gasteiger partial charge in [0.1, 0.15) is 5.69 Å². The van der Waals surface area contributed by atoms with Gasteiger partial charge in [0.2, 0.25) is 5.91 Å². The monoisotopic (exact) mass is 376 g/mol. The van der Waals surface area contributed by atoms with E-state index in [1.807, 2.05) is 55.5 Å². The molecule has 0 saturated carbocycles. The number of nitrogens with zero attached hydrogens (tertiary/aromatic N) is 1. The van der Waals surface area contributed by atoms with Crippen LogP contribution in [0.25, 0.3) is 10.9 Å². The first-order chi connectivity index (χ1) is 13.5. The number of hydrogen-bond donors (Lipinski definition) is 3. The molecule has 3 aromatic rings. The molecule has 1 aromatic heterocycles. The van der Waals surface area contributed by atoms with Crippen molar-refractivity contribution in [3.05, 3.63) is 59.8 Å². The largest absolute Gasteiger partial charge is 0.370 e. The maximum atomic E-state index is 12.8. The fourth-order valence-electron chi connectivity index (χ4n) is 3.81. The molecule has 144 valence electrons. The molecule has 2 heterocycles. The highest BCUT2D eigenvalue weighted by molar-refractivity contribution is 6.07. The number of amides is 2. The van der Waals surface area contributed by atoms with Crippen molar-refractivity contribution in [2.24, 2.45) is 11.7 Å². The molecule has 1 fully saturated rings. The number of nitrogens with one attached hydrogen (secondary N) is 2. The minimum atomic E-state index is -0.227. The van der Waals surface area contributed by atoms with Crippen molar-refractivity contribution < 1.29 is 9.59 Å². The molecule has 28 heavy (non-hydrogen) atoms. The Morgan fingerprint density at radius 3 is 2.61 bits per heavy atom. The van der Waals surface area contributed by atoms with E-state index in [4.69, 9.17) is 5.73 Å². The topological polar surface area (TPSA) is 91.2 Å². The lowest BCUT2D eigenvalue weighted by Gasteiger charge is -2.33. The Morgan fingerprint density at radius 1 is 1.11 bits per heavy atom. The van der Waals surface area contributed by atoms with Crippen molar-refractivity contribution >= 4 is 34.1 Å². The molecule has 0 spiro atoms. The maximum Gasteiger partial charge on any atom is 0.272 e. The Kier molecular flexibility index (Phi) is 4.77. The number of carbonyl (C=O) groups is 2. The van der Waals surface area contributed by atoms with Gasteiger partial charge in [0.05, 0.1) is 11.4 Å². The second-order valence-electron chi connectivity index (χ2n) is 7.41. The van der Waals surface area contributed by atoms with E-state index in [-0.39, 0.29) is 17.7 Å². The number of H-pyrrole nitrogens is 1. The Labute approximate surface area is 163 Å². The summed E-state index contributed by atoms with van der Waals surface area (Å²) >= 11 is 0. The fourth-order valence-corrected chi connectivity index (χ4v) is 3.81. The lowest BCUT2D eigenvalue weighted by molar-refractivity contribution is -0.122. The molecule has 0 atom stereocenters. The maximum absolute atomic E-state index is 12.8. The van der Waals surface area contributed by atoms with Crippen LogP contribution in [-0.2, 0) is 4.79 Å². The molecule has 2 aromatic carbocycles. The Hall–Kier alpha value is -3.28. The van der Waals surface area contributed by atoms with E-state index >= 15 is 0 Å². The lowest BCUT2D eigenvalue weighted by atomic mass is 9.96. The average molecular weight is 376 g/mol. The zero-order valence-electron chi connectivity index (χ0n) is 15.9. The van der Waals surface area contributed by atoms with E-state index in [0.29, 0.717) is 5.69 Å².